The number of benzene rings is 1. The number of allylic oxidation sites excluding steroid dienone is 1. The highest BCUT2D eigenvalue weighted by molar-refractivity contribution is 6.18. The van der Waals surface area contributed by atoms with Crippen LogP contribution in [0.25, 0.3) is 0 Å². The highest BCUT2D eigenvalue weighted by Crippen LogP contribution is 2.52. The van der Waals surface area contributed by atoms with Crippen molar-refractivity contribution in [2.24, 2.45) is 5.41 Å². The van der Waals surface area contributed by atoms with Crippen LogP contribution in [-0.4, -0.2) is 28.6 Å². The molecule has 0 radical (unpaired) electrons. The smallest absolute Gasteiger partial charge is 0.368 e. The number of carbonyl (C=O) groups excluding carboxylic acids is 2. The van der Waals surface area contributed by atoms with Crippen LogP contribution in [-0.2, 0) is 9.59 Å². The Morgan fingerprint density at radius 2 is 1.67 bits per heavy atom. The molecule has 24 heavy (non-hydrogen) atoms. The first-order valence-electron chi connectivity index (χ1n) is 7.44. The summed E-state index contributed by atoms with van der Waals surface area (Å²) in [4.78, 5) is 25.8. The van der Waals surface area contributed by atoms with Crippen LogP contribution in [0.5, 0.6) is 0 Å². The first-order chi connectivity index (χ1) is 11.0. The molecule has 0 saturated heterocycles. The van der Waals surface area contributed by atoms with Crippen molar-refractivity contribution in [3.8, 4) is 0 Å². The third kappa shape index (κ3) is 2.18. The van der Waals surface area contributed by atoms with Gasteiger partial charge in [-0.05, 0) is 24.0 Å². The number of hydrogen-bond acceptors (Lipinski definition) is 3. The molecule has 1 aliphatic heterocycles. The van der Waals surface area contributed by atoms with Gasteiger partial charge >= 0.3 is 6.18 Å². The maximum atomic E-state index is 13.5. The summed E-state index contributed by atoms with van der Waals surface area (Å²) in [6.07, 6.45) is -5.33. The molecule has 0 saturated carbocycles. The summed E-state index contributed by atoms with van der Waals surface area (Å²) in [7, 11) is 0. The SMILES string of the molecule is CC1(C)CC(=O)C2=C(C1)N(c1ccccc1)C(=O)[C@@]2(O)C(F)(F)F. The number of Topliss-reactive ketones (excluding diaryl/α,β-unsaturated/α-hetero) is 1. The number of hydrogen-bond donors (Lipinski definition) is 1. The third-order valence-electron chi connectivity index (χ3n) is 4.42. The van der Waals surface area contributed by atoms with E-state index in [0.29, 0.717) is 0 Å². The molecule has 128 valence electrons. The lowest BCUT2D eigenvalue weighted by atomic mass is 9.73. The normalized spacial score (nSPS) is 26.8. The van der Waals surface area contributed by atoms with Gasteiger partial charge in [-0.3, -0.25) is 14.5 Å². The maximum Gasteiger partial charge on any atom is 0.430 e. The first-order valence-corrected chi connectivity index (χ1v) is 7.44. The van der Waals surface area contributed by atoms with Gasteiger partial charge < -0.3 is 5.11 Å². The van der Waals surface area contributed by atoms with Gasteiger partial charge in [-0.25, -0.2) is 0 Å². The van der Waals surface area contributed by atoms with Gasteiger partial charge in [-0.1, -0.05) is 32.0 Å². The number of amides is 1. The number of nitrogens with zero attached hydrogens (tertiary/aromatic N) is 1. The summed E-state index contributed by atoms with van der Waals surface area (Å²) < 4.78 is 40.6. The lowest BCUT2D eigenvalue weighted by Crippen LogP contribution is -2.55. The minimum atomic E-state index is -5.27. The molecule has 1 amide bonds. The van der Waals surface area contributed by atoms with Crippen molar-refractivity contribution in [1.29, 1.82) is 0 Å². The zero-order chi connectivity index (χ0) is 17.9. The number of alkyl halides is 3. The molecule has 0 aromatic heterocycles. The van der Waals surface area contributed by atoms with E-state index in [1.807, 2.05) is 0 Å². The topological polar surface area (TPSA) is 57.6 Å². The number of carbonyl (C=O) groups is 2. The van der Waals surface area contributed by atoms with Gasteiger partial charge in [-0.2, -0.15) is 13.2 Å². The second-order valence-electron chi connectivity index (χ2n) is 6.95. The minimum absolute atomic E-state index is 0.0627. The lowest BCUT2D eigenvalue weighted by molar-refractivity contribution is -0.235. The van der Waals surface area contributed by atoms with Crippen molar-refractivity contribution >= 4 is 17.4 Å². The molecular formula is C17H16F3NO3. The monoisotopic (exact) mass is 339 g/mol. The molecule has 0 bridgehead atoms. The van der Waals surface area contributed by atoms with Crippen LogP contribution in [0.4, 0.5) is 18.9 Å². The molecule has 1 atom stereocenters. The van der Waals surface area contributed by atoms with Crippen molar-refractivity contribution in [2.45, 2.75) is 38.5 Å². The molecule has 0 unspecified atom stereocenters. The maximum absolute atomic E-state index is 13.5. The molecule has 7 heteroatoms. The van der Waals surface area contributed by atoms with Crippen LogP contribution in [0.15, 0.2) is 41.6 Å². The highest BCUT2D eigenvalue weighted by atomic mass is 19.4. The standard InChI is InChI=1S/C17H16F3NO3/c1-15(2)8-11-13(12(22)9-15)16(24,17(18,19)20)14(23)21(11)10-6-4-3-5-7-10/h3-7,24H,8-9H2,1-2H3/t16-/m1/s1. The van der Waals surface area contributed by atoms with Crippen molar-refractivity contribution in [3.05, 3.63) is 41.6 Å². The fourth-order valence-corrected chi connectivity index (χ4v) is 3.39. The van der Waals surface area contributed by atoms with E-state index in [0.717, 1.165) is 4.90 Å². The molecular weight excluding hydrogens is 323 g/mol. The third-order valence-corrected chi connectivity index (χ3v) is 4.42. The number of ketones is 1. The largest absolute Gasteiger partial charge is 0.430 e. The Labute approximate surface area is 136 Å². The Bertz CT molecular complexity index is 752. The molecule has 1 N–H and O–H groups in total. The van der Waals surface area contributed by atoms with Crippen molar-refractivity contribution in [3.63, 3.8) is 0 Å². The van der Waals surface area contributed by atoms with Crippen molar-refractivity contribution in [1.82, 2.24) is 0 Å². The molecule has 3 rings (SSSR count). The van der Waals surface area contributed by atoms with E-state index in [2.05, 4.69) is 0 Å². The Hall–Kier alpha value is -2.15. The Balaban J connectivity index is 2.27. The number of para-hydroxylation sites is 1. The number of rotatable bonds is 1. The van der Waals surface area contributed by atoms with Gasteiger partial charge in [0.2, 0.25) is 0 Å². The summed E-state index contributed by atoms with van der Waals surface area (Å²) in [6, 6.07) is 7.74. The van der Waals surface area contributed by atoms with E-state index in [1.54, 1.807) is 32.0 Å². The molecule has 2 aliphatic rings. The number of anilines is 1. The second kappa shape index (κ2) is 4.92. The highest BCUT2D eigenvalue weighted by Gasteiger charge is 2.70. The van der Waals surface area contributed by atoms with Crippen molar-refractivity contribution in [2.75, 3.05) is 4.90 Å². The molecule has 1 aliphatic carbocycles. The molecule has 0 spiro atoms. The van der Waals surface area contributed by atoms with Gasteiger partial charge in [0, 0.05) is 17.8 Å². The second-order valence-corrected chi connectivity index (χ2v) is 6.95. The number of aliphatic hydroxyl groups is 1. The van der Waals surface area contributed by atoms with Gasteiger partial charge in [0.15, 0.2) is 5.78 Å². The quantitative estimate of drug-likeness (QED) is 0.856. The molecule has 1 aromatic rings. The average molecular weight is 339 g/mol. The van der Waals surface area contributed by atoms with Crippen LogP contribution < -0.4 is 4.90 Å². The van der Waals surface area contributed by atoms with Crippen LogP contribution in [0.2, 0.25) is 0 Å². The zero-order valence-electron chi connectivity index (χ0n) is 13.1. The summed E-state index contributed by atoms with van der Waals surface area (Å²) in [5, 5.41) is 10.3. The van der Waals surface area contributed by atoms with E-state index in [-0.39, 0.29) is 24.2 Å². The van der Waals surface area contributed by atoms with E-state index >= 15 is 0 Å². The van der Waals surface area contributed by atoms with E-state index < -0.39 is 34.5 Å². The van der Waals surface area contributed by atoms with Gasteiger partial charge in [0.25, 0.3) is 11.5 Å². The lowest BCUT2D eigenvalue weighted by Gasteiger charge is -2.33. The van der Waals surface area contributed by atoms with Gasteiger partial charge in [-0.15, -0.1) is 0 Å². The zero-order valence-corrected chi connectivity index (χ0v) is 13.1. The van der Waals surface area contributed by atoms with Crippen LogP contribution in [0, 0.1) is 5.41 Å². The first kappa shape index (κ1) is 16.7. The average Bonchev–Trinajstić information content (AvgIpc) is 2.67. The van der Waals surface area contributed by atoms with Crippen LogP contribution in [0.1, 0.15) is 26.7 Å². The van der Waals surface area contributed by atoms with Crippen LogP contribution in [0.3, 0.4) is 0 Å². The van der Waals surface area contributed by atoms with E-state index in [1.165, 1.54) is 12.1 Å². The van der Waals surface area contributed by atoms with Gasteiger partial charge in [0.05, 0.1) is 5.57 Å². The minimum Gasteiger partial charge on any atom is -0.368 e. The summed E-state index contributed by atoms with van der Waals surface area (Å²) in [5.41, 5.74) is -5.08. The predicted molar refractivity (Wildman–Crippen MR) is 80.0 cm³/mol. The van der Waals surface area contributed by atoms with E-state index in [9.17, 15) is 27.9 Å². The molecule has 1 heterocycles. The molecule has 4 nitrogen and oxygen atoms in total. The molecule has 1 aromatic carbocycles. The summed E-state index contributed by atoms with van der Waals surface area (Å²) >= 11 is 0. The van der Waals surface area contributed by atoms with Crippen LogP contribution >= 0.6 is 0 Å². The Kier molecular flexibility index (Phi) is 3.43. The fraction of sp³-hybridized carbons (Fsp3) is 0.412. The fourth-order valence-electron chi connectivity index (χ4n) is 3.39. The molecule has 0 fully saturated rings. The summed E-state index contributed by atoms with van der Waals surface area (Å²) in [5.74, 6) is -2.38. The number of halogens is 3. The Morgan fingerprint density at radius 3 is 2.21 bits per heavy atom. The van der Waals surface area contributed by atoms with Crippen molar-refractivity contribution < 1.29 is 27.9 Å². The summed E-state index contributed by atoms with van der Waals surface area (Å²) in [6.45, 7) is 3.49. The van der Waals surface area contributed by atoms with Gasteiger partial charge in [0.1, 0.15) is 0 Å². The predicted octanol–water partition coefficient (Wildman–Crippen LogP) is 2.97. The Morgan fingerprint density at radius 1 is 1.08 bits per heavy atom. The van der Waals surface area contributed by atoms with E-state index in [4.69, 9.17) is 0 Å².